The summed E-state index contributed by atoms with van der Waals surface area (Å²) < 4.78 is 0. The van der Waals surface area contributed by atoms with E-state index in [1.165, 1.54) is 0 Å². The minimum atomic E-state index is -0.913. The van der Waals surface area contributed by atoms with Crippen LogP contribution in [0.3, 0.4) is 0 Å². The lowest BCUT2D eigenvalue weighted by atomic mass is 10.1. The molecule has 172 valence electrons. The summed E-state index contributed by atoms with van der Waals surface area (Å²) in [7, 11) is 7.58. The van der Waals surface area contributed by atoms with Gasteiger partial charge < -0.3 is 20.2 Å². The maximum Gasteiger partial charge on any atom is 0.308 e. The van der Waals surface area contributed by atoms with Crippen LogP contribution in [-0.2, 0) is 17.6 Å². The van der Waals surface area contributed by atoms with Crippen molar-refractivity contribution in [1.29, 1.82) is 0 Å². The molecule has 3 rings (SSSR count). The van der Waals surface area contributed by atoms with Crippen molar-refractivity contribution >= 4 is 29.1 Å². The first-order valence-corrected chi connectivity index (χ1v) is 10.6. The molecule has 0 aliphatic rings. The number of carboxylic acid groups (broad SMARTS) is 1. The quantitative estimate of drug-likeness (QED) is 0.546. The van der Waals surface area contributed by atoms with E-state index in [0.29, 0.717) is 40.6 Å². The van der Waals surface area contributed by atoms with Gasteiger partial charge in [-0.25, -0.2) is 9.97 Å². The van der Waals surface area contributed by atoms with Gasteiger partial charge >= 0.3 is 5.97 Å². The molecular weight excluding hydrogens is 418 g/mol. The Balaban J connectivity index is 1.71. The second kappa shape index (κ2) is 10.1. The van der Waals surface area contributed by atoms with E-state index < -0.39 is 5.97 Å². The van der Waals surface area contributed by atoms with E-state index >= 15 is 0 Å². The Hall–Kier alpha value is -3.94. The second-order valence-corrected chi connectivity index (χ2v) is 8.26. The van der Waals surface area contributed by atoms with E-state index in [4.69, 9.17) is 0 Å². The van der Waals surface area contributed by atoms with E-state index in [1.54, 1.807) is 24.0 Å². The second-order valence-electron chi connectivity index (χ2n) is 8.26. The molecule has 1 amide bonds. The zero-order chi connectivity index (χ0) is 24.1. The third-order valence-corrected chi connectivity index (χ3v) is 5.21. The number of hydrogen-bond acceptors (Lipinski definition) is 6. The number of nitrogens with zero attached hydrogens (tertiary/aromatic N) is 4. The Labute approximate surface area is 193 Å². The largest absolute Gasteiger partial charge is 0.481 e. The molecule has 1 aromatic heterocycles. The van der Waals surface area contributed by atoms with Crippen molar-refractivity contribution in [2.24, 2.45) is 0 Å². The fourth-order valence-electron chi connectivity index (χ4n) is 3.45. The molecule has 0 unspecified atom stereocenters. The first kappa shape index (κ1) is 23.7. The molecular formula is C25H29N5O3. The molecule has 0 spiro atoms. The van der Waals surface area contributed by atoms with Crippen LogP contribution >= 0.6 is 0 Å². The van der Waals surface area contributed by atoms with Gasteiger partial charge in [0.2, 0.25) is 0 Å². The maximum atomic E-state index is 12.5. The first-order chi connectivity index (χ1) is 15.6. The third-order valence-electron chi connectivity index (χ3n) is 5.21. The van der Waals surface area contributed by atoms with Crippen molar-refractivity contribution in [3.8, 4) is 0 Å². The molecule has 1 heterocycles. The SMILES string of the molecule is Cc1nc(Cc2ccc(NC(=O)c3ccc(N(C)C)cc3)cc2)nc(N(C)C)c1CC(=O)O. The van der Waals surface area contributed by atoms with Crippen LogP contribution in [0, 0.1) is 6.92 Å². The minimum absolute atomic E-state index is 0.119. The van der Waals surface area contributed by atoms with E-state index in [9.17, 15) is 14.7 Å². The summed E-state index contributed by atoms with van der Waals surface area (Å²) in [5.41, 5.74) is 4.58. The maximum absolute atomic E-state index is 12.5. The highest BCUT2D eigenvalue weighted by Crippen LogP contribution is 2.22. The van der Waals surface area contributed by atoms with Gasteiger partial charge in [-0.2, -0.15) is 0 Å². The molecule has 2 N–H and O–H groups in total. The summed E-state index contributed by atoms with van der Waals surface area (Å²) in [6, 6.07) is 14.9. The number of hydrogen-bond donors (Lipinski definition) is 2. The molecule has 0 aliphatic carbocycles. The summed E-state index contributed by atoms with van der Waals surface area (Å²) >= 11 is 0. The van der Waals surface area contributed by atoms with Crippen molar-refractivity contribution in [1.82, 2.24) is 9.97 Å². The normalized spacial score (nSPS) is 10.6. The van der Waals surface area contributed by atoms with Crippen molar-refractivity contribution in [2.75, 3.05) is 43.3 Å². The lowest BCUT2D eigenvalue weighted by molar-refractivity contribution is -0.136. The third kappa shape index (κ3) is 6.06. The van der Waals surface area contributed by atoms with Crippen LogP contribution in [0.4, 0.5) is 17.2 Å². The van der Waals surface area contributed by atoms with Crippen LogP contribution in [0.15, 0.2) is 48.5 Å². The summed E-state index contributed by atoms with van der Waals surface area (Å²) in [5, 5.41) is 12.1. The molecule has 8 heteroatoms. The average molecular weight is 448 g/mol. The Morgan fingerprint density at radius 3 is 2.09 bits per heavy atom. The molecule has 0 saturated carbocycles. The number of amides is 1. The topological polar surface area (TPSA) is 98.7 Å². The van der Waals surface area contributed by atoms with Gasteiger partial charge in [0.25, 0.3) is 5.91 Å². The smallest absolute Gasteiger partial charge is 0.308 e. The van der Waals surface area contributed by atoms with E-state index in [-0.39, 0.29) is 12.3 Å². The average Bonchev–Trinajstić information content (AvgIpc) is 2.76. The lowest BCUT2D eigenvalue weighted by Crippen LogP contribution is -2.18. The number of nitrogens with one attached hydrogen (secondary N) is 1. The number of rotatable bonds is 8. The van der Waals surface area contributed by atoms with E-state index in [1.807, 2.05) is 69.5 Å². The van der Waals surface area contributed by atoms with Gasteiger partial charge in [0.1, 0.15) is 11.6 Å². The highest BCUT2D eigenvalue weighted by Gasteiger charge is 2.16. The number of benzene rings is 2. The molecule has 0 aliphatic heterocycles. The molecule has 33 heavy (non-hydrogen) atoms. The van der Waals surface area contributed by atoms with Crippen LogP contribution < -0.4 is 15.1 Å². The van der Waals surface area contributed by atoms with Crippen LogP contribution in [0.1, 0.15) is 33.0 Å². The van der Waals surface area contributed by atoms with Gasteiger partial charge in [-0.15, -0.1) is 0 Å². The number of aliphatic carboxylic acids is 1. The van der Waals surface area contributed by atoms with Crippen LogP contribution in [-0.4, -0.2) is 55.1 Å². The van der Waals surface area contributed by atoms with Gasteiger partial charge in [0.05, 0.1) is 6.42 Å². The van der Waals surface area contributed by atoms with Crippen LogP contribution in [0.5, 0.6) is 0 Å². The molecule has 0 atom stereocenters. The molecule has 2 aromatic carbocycles. The standard InChI is InChI=1S/C25H29N5O3/c1-16-21(15-23(31)32)24(30(4)5)28-22(26-16)14-17-6-10-19(11-7-17)27-25(33)18-8-12-20(13-9-18)29(2)3/h6-13H,14-15H2,1-5H3,(H,27,33)(H,31,32). The fraction of sp³-hybridized carbons (Fsp3) is 0.280. The lowest BCUT2D eigenvalue weighted by Gasteiger charge is -2.18. The molecule has 3 aromatic rings. The van der Waals surface area contributed by atoms with Crippen molar-refractivity contribution in [3.05, 3.63) is 76.7 Å². The Morgan fingerprint density at radius 1 is 0.909 bits per heavy atom. The first-order valence-electron chi connectivity index (χ1n) is 10.6. The van der Waals surface area contributed by atoms with Crippen LogP contribution in [0.25, 0.3) is 0 Å². The number of carbonyl (C=O) groups excluding carboxylic acids is 1. The zero-order valence-electron chi connectivity index (χ0n) is 19.6. The van der Waals surface area contributed by atoms with Crippen molar-refractivity contribution in [2.45, 2.75) is 19.8 Å². The number of aromatic nitrogens is 2. The molecule has 0 radical (unpaired) electrons. The predicted octanol–water partition coefficient (Wildman–Crippen LogP) is 3.39. The number of carbonyl (C=O) groups is 2. The molecule has 8 nitrogen and oxygen atoms in total. The Morgan fingerprint density at radius 2 is 1.55 bits per heavy atom. The molecule has 0 saturated heterocycles. The van der Waals surface area contributed by atoms with Gasteiger partial charge in [-0.1, -0.05) is 12.1 Å². The van der Waals surface area contributed by atoms with E-state index in [0.717, 1.165) is 11.3 Å². The van der Waals surface area contributed by atoms with Crippen molar-refractivity contribution in [3.63, 3.8) is 0 Å². The zero-order valence-corrected chi connectivity index (χ0v) is 19.6. The Kier molecular flexibility index (Phi) is 7.27. The summed E-state index contributed by atoms with van der Waals surface area (Å²) in [4.78, 5) is 36.6. The minimum Gasteiger partial charge on any atom is -0.481 e. The summed E-state index contributed by atoms with van der Waals surface area (Å²) in [5.74, 6) is 0.146. The molecule has 0 fully saturated rings. The number of carboxylic acids is 1. The fourth-order valence-corrected chi connectivity index (χ4v) is 3.45. The van der Waals surface area contributed by atoms with E-state index in [2.05, 4.69) is 15.3 Å². The van der Waals surface area contributed by atoms with Crippen LogP contribution in [0.2, 0.25) is 0 Å². The monoisotopic (exact) mass is 447 g/mol. The number of anilines is 3. The number of aryl methyl sites for hydroxylation is 1. The summed E-state index contributed by atoms with van der Waals surface area (Å²) in [6.45, 7) is 1.81. The van der Waals surface area contributed by atoms with Gasteiger partial charge in [-0.05, 0) is 48.9 Å². The van der Waals surface area contributed by atoms with Gasteiger partial charge in [0, 0.05) is 62.8 Å². The summed E-state index contributed by atoms with van der Waals surface area (Å²) in [6.07, 6.45) is 0.376. The van der Waals surface area contributed by atoms with Gasteiger partial charge in [0.15, 0.2) is 0 Å². The Bertz CT molecular complexity index is 1140. The van der Waals surface area contributed by atoms with Gasteiger partial charge in [-0.3, -0.25) is 9.59 Å². The van der Waals surface area contributed by atoms with Crippen molar-refractivity contribution < 1.29 is 14.7 Å². The highest BCUT2D eigenvalue weighted by molar-refractivity contribution is 6.04. The highest BCUT2D eigenvalue weighted by atomic mass is 16.4. The predicted molar refractivity (Wildman–Crippen MR) is 130 cm³/mol. The molecule has 0 bridgehead atoms.